The lowest BCUT2D eigenvalue weighted by Gasteiger charge is -2.17. The Kier molecular flexibility index (Phi) is 4.36. The first-order valence-corrected chi connectivity index (χ1v) is 7.06. The lowest BCUT2D eigenvalue weighted by Crippen LogP contribution is -2.22. The average Bonchev–Trinajstić information content (AvgIpc) is 2.44. The van der Waals surface area contributed by atoms with Gasteiger partial charge in [-0.2, -0.15) is 0 Å². The van der Waals surface area contributed by atoms with E-state index < -0.39 is 16.5 Å². The van der Waals surface area contributed by atoms with E-state index in [2.05, 4.69) is 0 Å². The number of non-ortho nitro benzene ring substituents is 1. The SMILES string of the molecule is CC(C)(C)OC(=O)/C=C\c1cc([N+](=O)[O-])c2ccccc2c1N. The maximum Gasteiger partial charge on any atom is 0.331 e. The molecule has 0 atom stereocenters. The van der Waals surface area contributed by atoms with E-state index in [0.29, 0.717) is 22.0 Å². The van der Waals surface area contributed by atoms with Gasteiger partial charge in [0, 0.05) is 28.8 Å². The number of fused-ring (bicyclic) bond motifs is 1. The highest BCUT2D eigenvalue weighted by Crippen LogP contribution is 2.33. The molecule has 0 aliphatic carbocycles. The molecule has 2 rings (SSSR count). The summed E-state index contributed by atoms with van der Waals surface area (Å²) in [6, 6.07) is 8.18. The first kappa shape index (κ1) is 16.5. The van der Waals surface area contributed by atoms with Crippen LogP contribution in [0.2, 0.25) is 0 Å². The van der Waals surface area contributed by atoms with Crippen LogP contribution in [-0.4, -0.2) is 16.5 Å². The molecule has 0 unspecified atom stereocenters. The lowest BCUT2D eigenvalue weighted by atomic mass is 10.0. The molecule has 120 valence electrons. The fourth-order valence-electron chi connectivity index (χ4n) is 2.18. The van der Waals surface area contributed by atoms with Crippen molar-refractivity contribution in [3.05, 3.63) is 52.1 Å². The van der Waals surface area contributed by atoms with Crippen molar-refractivity contribution in [2.24, 2.45) is 0 Å². The van der Waals surface area contributed by atoms with Crippen molar-refractivity contribution >= 4 is 34.2 Å². The monoisotopic (exact) mass is 314 g/mol. The second kappa shape index (κ2) is 6.08. The summed E-state index contributed by atoms with van der Waals surface area (Å²) in [5.74, 6) is -0.535. The second-order valence-corrected chi connectivity index (χ2v) is 6.07. The van der Waals surface area contributed by atoms with Gasteiger partial charge in [0.25, 0.3) is 5.69 Å². The van der Waals surface area contributed by atoms with Gasteiger partial charge in [0.2, 0.25) is 0 Å². The van der Waals surface area contributed by atoms with Gasteiger partial charge >= 0.3 is 5.97 Å². The normalized spacial score (nSPS) is 11.8. The molecule has 0 bridgehead atoms. The van der Waals surface area contributed by atoms with E-state index in [-0.39, 0.29) is 5.69 Å². The van der Waals surface area contributed by atoms with Gasteiger partial charge in [0.05, 0.1) is 10.3 Å². The van der Waals surface area contributed by atoms with E-state index in [1.54, 1.807) is 45.0 Å². The van der Waals surface area contributed by atoms with E-state index in [1.165, 1.54) is 18.2 Å². The lowest BCUT2D eigenvalue weighted by molar-refractivity contribution is -0.383. The Bertz CT molecular complexity index is 804. The Labute approximate surface area is 133 Å². The number of nitrogen functional groups attached to an aromatic ring is 1. The Morgan fingerprint density at radius 3 is 2.43 bits per heavy atom. The van der Waals surface area contributed by atoms with E-state index in [4.69, 9.17) is 10.5 Å². The van der Waals surface area contributed by atoms with Gasteiger partial charge in [0.15, 0.2) is 0 Å². The topological polar surface area (TPSA) is 95.5 Å². The number of nitro groups is 1. The summed E-state index contributed by atoms with van der Waals surface area (Å²) >= 11 is 0. The zero-order chi connectivity index (χ0) is 17.2. The van der Waals surface area contributed by atoms with Gasteiger partial charge in [0.1, 0.15) is 5.60 Å². The van der Waals surface area contributed by atoms with Gasteiger partial charge < -0.3 is 10.5 Å². The average molecular weight is 314 g/mol. The van der Waals surface area contributed by atoms with Crippen molar-refractivity contribution in [1.29, 1.82) is 0 Å². The van der Waals surface area contributed by atoms with Crippen molar-refractivity contribution in [2.45, 2.75) is 26.4 Å². The fraction of sp³-hybridized carbons (Fsp3) is 0.235. The number of anilines is 1. The number of hydrogen-bond acceptors (Lipinski definition) is 5. The highest BCUT2D eigenvalue weighted by Gasteiger charge is 2.17. The summed E-state index contributed by atoms with van der Waals surface area (Å²) in [6.07, 6.45) is 2.65. The molecule has 0 aliphatic heterocycles. The van der Waals surface area contributed by atoms with Crippen molar-refractivity contribution in [2.75, 3.05) is 5.73 Å². The number of carbonyl (C=O) groups excluding carboxylic acids is 1. The number of ether oxygens (including phenoxy) is 1. The van der Waals surface area contributed by atoms with E-state index in [9.17, 15) is 14.9 Å². The molecule has 0 amide bonds. The third-order valence-corrected chi connectivity index (χ3v) is 3.10. The van der Waals surface area contributed by atoms with Crippen molar-refractivity contribution in [3.63, 3.8) is 0 Å². The van der Waals surface area contributed by atoms with E-state index in [0.717, 1.165) is 0 Å². The zero-order valence-corrected chi connectivity index (χ0v) is 13.2. The Morgan fingerprint density at radius 1 is 1.26 bits per heavy atom. The number of nitrogens with zero attached hydrogens (tertiary/aromatic N) is 1. The summed E-state index contributed by atoms with van der Waals surface area (Å²) in [7, 11) is 0. The molecule has 6 nitrogen and oxygen atoms in total. The maximum absolute atomic E-state index is 11.7. The van der Waals surface area contributed by atoms with Crippen LogP contribution < -0.4 is 5.73 Å². The number of hydrogen-bond donors (Lipinski definition) is 1. The maximum atomic E-state index is 11.7. The van der Waals surface area contributed by atoms with Crippen LogP contribution in [0.1, 0.15) is 26.3 Å². The number of rotatable bonds is 3. The third-order valence-electron chi connectivity index (χ3n) is 3.10. The number of nitro benzene ring substituents is 1. The Balaban J connectivity index is 2.47. The number of esters is 1. The summed E-state index contributed by atoms with van der Waals surface area (Å²) in [6.45, 7) is 5.27. The molecular weight excluding hydrogens is 296 g/mol. The van der Waals surface area contributed by atoms with Crippen LogP contribution >= 0.6 is 0 Å². The smallest absolute Gasteiger partial charge is 0.331 e. The van der Waals surface area contributed by atoms with Crippen LogP contribution in [0.3, 0.4) is 0 Å². The molecule has 0 heterocycles. The predicted octanol–water partition coefficient (Wildman–Crippen LogP) is 3.69. The minimum Gasteiger partial charge on any atom is -0.457 e. The van der Waals surface area contributed by atoms with E-state index in [1.807, 2.05) is 0 Å². The largest absolute Gasteiger partial charge is 0.457 e. The molecule has 2 aromatic carbocycles. The van der Waals surface area contributed by atoms with Crippen LogP contribution in [0.4, 0.5) is 11.4 Å². The summed E-state index contributed by atoms with van der Waals surface area (Å²) < 4.78 is 5.16. The molecule has 0 aliphatic rings. The van der Waals surface area contributed by atoms with Crippen LogP contribution in [0, 0.1) is 10.1 Å². The summed E-state index contributed by atoms with van der Waals surface area (Å²) in [5.41, 5.74) is 6.19. The Hall–Kier alpha value is -2.89. The van der Waals surface area contributed by atoms with Crippen LogP contribution in [0.15, 0.2) is 36.4 Å². The molecular formula is C17H18N2O4. The van der Waals surface area contributed by atoms with Crippen molar-refractivity contribution in [1.82, 2.24) is 0 Å². The molecule has 0 spiro atoms. The molecule has 0 saturated carbocycles. The molecule has 0 fully saturated rings. The first-order chi connectivity index (χ1) is 10.7. The number of nitrogens with two attached hydrogens (primary N) is 1. The van der Waals surface area contributed by atoms with Crippen LogP contribution in [0.25, 0.3) is 16.8 Å². The zero-order valence-electron chi connectivity index (χ0n) is 13.2. The highest BCUT2D eigenvalue weighted by atomic mass is 16.6. The van der Waals surface area contributed by atoms with Crippen molar-refractivity contribution in [3.8, 4) is 0 Å². The van der Waals surface area contributed by atoms with Gasteiger partial charge in [-0.3, -0.25) is 10.1 Å². The van der Waals surface area contributed by atoms with Crippen LogP contribution in [0.5, 0.6) is 0 Å². The number of benzene rings is 2. The second-order valence-electron chi connectivity index (χ2n) is 6.07. The number of carbonyl (C=O) groups is 1. The molecule has 2 aromatic rings. The molecule has 6 heteroatoms. The minimum absolute atomic E-state index is 0.0568. The molecule has 2 N–H and O–H groups in total. The first-order valence-electron chi connectivity index (χ1n) is 7.06. The predicted molar refractivity (Wildman–Crippen MR) is 89.9 cm³/mol. The minimum atomic E-state index is -0.609. The van der Waals surface area contributed by atoms with Gasteiger partial charge in [-0.1, -0.05) is 18.2 Å². The third kappa shape index (κ3) is 3.85. The standard InChI is InChI=1S/C17H18N2O4/c1-17(2,3)23-15(20)9-8-11-10-14(19(21)22)12-6-4-5-7-13(12)16(11)18/h4-10H,18H2,1-3H3/b9-8-. The van der Waals surface area contributed by atoms with Crippen LogP contribution in [-0.2, 0) is 9.53 Å². The molecule has 0 aromatic heterocycles. The van der Waals surface area contributed by atoms with Gasteiger partial charge in [-0.15, -0.1) is 0 Å². The molecule has 23 heavy (non-hydrogen) atoms. The Morgan fingerprint density at radius 2 is 1.87 bits per heavy atom. The van der Waals surface area contributed by atoms with Gasteiger partial charge in [-0.25, -0.2) is 4.79 Å². The fourth-order valence-corrected chi connectivity index (χ4v) is 2.18. The van der Waals surface area contributed by atoms with Crippen molar-refractivity contribution < 1.29 is 14.5 Å². The summed E-state index contributed by atoms with van der Waals surface area (Å²) in [4.78, 5) is 22.5. The van der Waals surface area contributed by atoms with Gasteiger partial charge in [-0.05, 0) is 32.9 Å². The quantitative estimate of drug-likeness (QED) is 0.306. The molecule has 0 saturated heterocycles. The highest BCUT2D eigenvalue weighted by molar-refractivity contribution is 6.03. The molecule has 0 radical (unpaired) electrons. The van der Waals surface area contributed by atoms with E-state index >= 15 is 0 Å². The summed E-state index contributed by atoms with van der Waals surface area (Å²) in [5, 5.41) is 12.3.